The van der Waals surface area contributed by atoms with Crippen molar-refractivity contribution in [1.29, 1.82) is 0 Å². The Morgan fingerprint density at radius 1 is 1.43 bits per heavy atom. The summed E-state index contributed by atoms with van der Waals surface area (Å²) in [5.74, 6) is -1.07. The maximum atomic E-state index is 11.4. The van der Waals surface area contributed by atoms with E-state index in [-0.39, 0.29) is 5.69 Å². The highest BCUT2D eigenvalue weighted by molar-refractivity contribution is 5.89. The number of carboxylic acid groups (broad SMARTS) is 1. The molecule has 0 atom stereocenters. The molecule has 1 aromatic heterocycles. The Bertz CT molecular complexity index is 533. The first-order valence-corrected chi connectivity index (χ1v) is 6.61. The van der Waals surface area contributed by atoms with Gasteiger partial charge in [-0.25, -0.2) is 14.6 Å². The van der Waals surface area contributed by atoms with E-state index in [0.717, 1.165) is 0 Å². The fourth-order valence-electron chi connectivity index (χ4n) is 1.51. The van der Waals surface area contributed by atoms with Crippen LogP contribution in [0.2, 0.25) is 0 Å². The lowest BCUT2D eigenvalue weighted by Crippen LogP contribution is -2.32. The third-order valence-corrected chi connectivity index (χ3v) is 2.32. The van der Waals surface area contributed by atoms with Crippen LogP contribution in [0.5, 0.6) is 0 Å². The molecule has 6 nitrogen and oxygen atoms in total. The summed E-state index contributed by atoms with van der Waals surface area (Å²) in [7, 11) is 0. The number of rotatable bonds is 5. The van der Waals surface area contributed by atoms with Crippen molar-refractivity contribution in [1.82, 2.24) is 10.3 Å². The summed E-state index contributed by atoms with van der Waals surface area (Å²) in [6.07, 6.45) is 4.98. The van der Waals surface area contributed by atoms with E-state index in [1.165, 1.54) is 6.20 Å². The molecule has 0 aromatic carbocycles. The predicted octanol–water partition coefficient (Wildman–Crippen LogP) is 2.71. The van der Waals surface area contributed by atoms with Crippen LogP contribution < -0.4 is 5.32 Å². The molecule has 21 heavy (non-hydrogen) atoms. The van der Waals surface area contributed by atoms with Gasteiger partial charge in [0.15, 0.2) is 5.69 Å². The summed E-state index contributed by atoms with van der Waals surface area (Å²) in [4.78, 5) is 26.2. The van der Waals surface area contributed by atoms with E-state index in [4.69, 9.17) is 9.84 Å². The number of amides is 1. The number of nitrogens with one attached hydrogen (secondary N) is 1. The van der Waals surface area contributed by atoms with Crippen molar-refractivity contribution in [3.8, 4) is 0 Å². The summed E-state index contributed by atoms with van der Waals surface area (Å²) in [5.41, 5.74) is 0.0163. The number of hydrogen-bond donors (Lipinski definition) is 2. The zero-order valence-electron chi connectivity index (χ0n) is 12.4. The molecule has 0 radical (unpaired) electrons. The van der Waals surface area contributed by atoms with Crippen molar-refractivity contribution in [2.75, 3.05) is 6.54 Å². The molecule has 6 heteroatoms. The van der Waals surface area contributed by atoms with Gasteiger partial charge in [0.2, 0.25) is 0 Å². The van der Waals surface area contributed by atoms with Gasteiger partial charge < -0.3 is 15.2 Å². The van der Waals surface area contributed by atoms with Gasteiger partial charge in [-0.3, -0.25) is 0 Å². The maximum Gasteiger partial charge on any atom is 0.407 e. The first-order chi connectivity index (χ1) is 9.79. The molecule has 1 heterocycles. The van der Waals surface area contributed by atoms with Crippen LogP contribution in [0.25, 0.3) is 6.08 Å². The van der Waals surface area contributed by atoms with Crippen LogP contribution >= 0.6 is 0 Å². The molecule has 1 amide bonds. The highest BCUT2D eigenvalue weighted by atomic mass is 16.6. The summed E-state index contributed by atoms with van der Waals surface area (Å²) in [5, 5.41) is 11.6. The Morgan fingerprint density at radius 2 is 2.14 bits per heavy atom. The Balaban J connectivity index is 2.43. The van der Waals surface area contributed by atoms with E-state index in [9.17, 15) is 9.59 Å². The van der Waals surface area contributed by atoms with Gasteiger partial charge in [0, 0.05) is 18.3 Å². The molecular weight excluding hydrogens is 272 g/mol. The fraction of sp³-hybridized carbons (Fsp3) is 0.400. The van der Waals surface area contributed by atoms with E-state index < -0.39 is 17.7 Å². The van der Waals surface area contributed by atoms with Crippen molar-refractivity contribution in [3.05, 3.63) is 35.7 Å². The number of aromatic nitrogens is 1. The van der Waals surface area contributed by atoms with Crippen LogP contribution in [0, 0.1) is 0 Å². The Labute approximate surface area is 123 Å². The molecule has 114 valence electrons. The number of nitrogens with zero attached hydrogens (tertiary/aromatic N) is 1. The molecule has 0 aliphatic heterocycles. The van der Waals surface area contributed by atoms with Crippen LogP contribution in [0.3, 0.4) is 0 Å². The van der Waals surface area contributed by atoms with Crippen LogP contribution in [0.4, 0.5) is 4.79 Å². The summed E-state index contributed by atoms with van der Waals surface area (Å²) in [6.45, 7) is 5.79. The SMILES string of the molecule is CC(C)(C)OC(=O)NCCC=Cc1cccnc1C(=O)O. The van der Waals surface area contributed by atoms with Gasteiger partial charge in [0.1, 0.15) is 5.60 Å². The van der Waals surface area contributed by atoms with Gasteiger partial charge in [-0.1, -0.05) is 18.2 Å². The minimum atomic E-state index is -1.07. The van der Waals surface area contributed by atoms with Crippen molar-refractivity contribution >= 4 is 18.1 Å². The van der Waals surface area contributed by atoms with Crippen molar-refractivity contribution < 1.29 is 19.4 Å². The second kappa shape index (κ2) is 7.42. The standard InChI is InChI=1S/C15H20N2O4/c1-15(2,3)21-14(20)17-9-5-4-7-11-8-6-10-16-12(11)13(18)19/h4,6-8,10H,5,9H2,1-3H3,(H,17,20)(H,18,19). The van der Waals surface area contributed by atoms with E-state index in [2.05, 4.69) is 10.3 Å². The predicted molar refractivity (Wildman–Crippen MR) is 79.1 cm³/mol. The molecule has 0 aliphatic rings. The summed E-state index contributed by atoms with van der Waals surface area (Å²) >= 11 is 0. The van der Waals surface area contributed by atoms with Gasteiger partial charge in [-0.2, -0.15) is 0 Å². The van der Waals surface area contributed by atoms with Gasteiger partial charge >= 0.3 is 12.1 Å². The minimum Gasteiger partial charge on any atom is -0.476 e. The zero-order valence-corrected chi connectivity index (χ0v) is 12.4. The number of hydrogen-bond acceptors (Lipinski definition) is 4. The topological polar surface area (TPSA) is 88.5 Å². The largest absolute Gasteiger partial charge is 0.476 e. The average Bonchev–Trinajstić information content (AvgIpc) is 2.36. The van der Waals surface area contributed by atoms with Crippen LogP contribution in [0.15, 0.2) is 24.4 Å². The first kappa shape index (κ1) is 16.7. The third-order valence-electron chi connectivity index (χ3n) is 2.32. The number of aromatic carboxylic acids is 1. The molecule has 1 aromatic rings. The number of pyridine rings is 1. The average molecular weight is 292 g/mol. The van der Waals surface area contributed by atoms with Crippen LogP contribution in [0.1, 0.15) is 43.2 Å². The molecular formula is C15H20N2O4. The maximum absolute atomic E-state index is 11.4. The highest BCUT2D eigenvalue weighted by Crippen LogP contribution is 2.08. The van der Waals surface area contributed by atoms with Gasteiger partial charge in [0.25, 0.3) is 0 Å². The first-order valence-electron chi connectivity index (χ1n) is 6.61. The lowest BCUT2D eigenvalue weighted by Gasteiger charge is -2.19. The monoisotopic (exact) mass is 292 g/mol. The smallest absolute Gasteiger partial charge is 0.407 e. The highest BCUT2D eigenvalue weighted by Gasteiger charge is 2.15. The van der Waals surface area contributed by atoms with E-state index in [1.54, 1.807) is 45.1 Å². The van der Waals surface area contributed by atoms with Gasteiger partial charge in [-0.15, -0.1) is 0 Å². The minimum absolute atomic E-state index is 0.00820. The third kappa shape index (κ3) is 6.56. The number of carbonyl (C=O) groups excluding carboxylic acids is 1. The number of carboxylic acids is 1. The summed E-state index contributed by atoms with van der Waals surface area (Å²) in [6, 6.07) is 3.35. The van der Waals surface area contributed by atoms with Gasteiger partial charge in [0.05, 0.1) is 0 Å². The molecule has 2 N–H and O–H groups in total. The number of alkyl carbamates (subject to hydrolysis) is 1. The van der Waals surface area contributed by atoms with Gasteiger partial charge in [-0.05, 0) is 33.3 Å². The Morgan fingerprint density at radius 3 is 2.76 bits per heavy atom. The molecule has 0 spiro atoms. The molecule has 0 bridgehead atoms. The van der Waals surface area contributed by atoms with Crippen molar-refractivity contribution in [2.24, 2.45) is 0 Å². The lowest BCUT2D eigenvalue weighted by atomic mass is 10.1. The molecule has 0 saturated carbocycles. The molecule has 0 unspecified atom stereocenters. The quantitative estimate of drug-likeness (QED) is 0.814. The Kier molecular flexibility index (Phi) is 5.90. The number of ether oxygens (including phenoxy) is 1. The van der Waals surface area contributed by atoms with Crippen molar-refractivity contribution in [3.63, 3.8) is 0 Å². The van der Waals surface area contributed by atoms with Crippen molar-refractivity contribution in [2.45, 2.75) is 32.8 Å². The molecule has 0 aliphatic carbocycles. The van der Waals surface area contributed by atoms with E-state index >= 15 is 0 Å². The van der Waals surface area contributed by atoms with Crippen LogP contribution in [-0.4, -0.2) is 34.3 Å². The zero-order chi connectivity index (χ0) is 15.9. The van der Waals surface area contributed by atoms with Crippen LogP contribution in [-0.2, 0) is 4.74 Å². The van der Waals surface area contributed by atoms with E-state index in [0.29, 0.717) is 18.5 Å². The molecule has 1 rings (SSSR count). The Hall–Kier alpha value is -2.37. The second-order valence-electron chi connectivity index (χ2n) is 5.37. The normalized spacial score (nSPS) is 11.4. The molecule has 0 saturated heterocycles. The number of carbonyl (C=O) groups is 2. The van der Waals surface area contributed by atoms with E-state index in [1.807, 2.05) is 0 Å². The molecule has 0 fully saturated rings. The fourth-order valence-corrected chi connectivity index (χ4v) is 1.51. The second-order valence-corrected chi connectivity index (χ2v) is 5.37. The summed E-state index contributed by atoms with van der Waals surface area (Å²) < 4.78 is 5.09. The lowest BCUT2D eigenvalue weighted by molar-refractivity contribution is 0.0528.